The van der Waals surface area contributed by atoms with E-state index in [-0.39, 0.29) is 31.9 Å². The first-order chi connectivity index (χ1) is 23.3. The van der Waals surface area contributed by atoms with E-state index in [1.807, 2.05) is 18.2 Å². The average molecular weight is 681 g/mol. The summed E-state index contributed by atoms with van der Waals surface area (Å²) in [5.74, 6) is -0.918. The lowest BCUT2D eigenvalue weighted by molar-refractivity contribution is -0.150. The quantitative estimate of drug-likeness (QED) is 0.151. The van der Waals surface area contributed by atoms with Crippen LogP contribution in [0.3, 0.4) is 0 Å². The highest BCUT2D eigenvalue weighted by atomic mass is 16.6. The first-order valence-electron chi connectivity index (χ1n) is 16.6. The van der Waals surface area contributed by atoms with E-state index in [2.05, 4.69) is 28.8 Å². The van der Waals surface area contributed by atoms with Crippen molar-refractivity contribution in [2.24, 2.45) is 5.92 Å². The molecule has 0 bridgehead atoms. The molecular formula is C36H48N4O9. The number of likely N-dealkylation sites (tertiary alicyclic amines) is 1. The fraction of sp³-hybridized carbons (Fsp3) is 0.528. The van der Waals surface area contributed by atoms with Gasteiger partial charge in [-0.3, -0.25) is 9.59 Å². The summed E-state index contributed by atoms with van der Waals surface area (Å²) < 4.78 is 28.0. The van der Waals surface area contributed by atoms with Crippen molar-refractivity contribution in [1.29, 1.82) is 0 Å². The molecule has 1 saturated heterocycles. The molecule has 1 aliphatic carbocycles. The van der Waals surface area contributed by atoms with E-state index >= 15 is 0 Å². The molecule has 4 rings (SSSR count). The molecule has 266 valence electrons. The van der Waals surface area contributed by atoms with Gasteiger partial charge >= 0.3 is 12.1 Å². The van der Waals surface area contributed by atoms with Crippen LogP contribution in [0.5, 0.6) is 11.6 Å². The highest BCUT2D eigenvalue weighted by Crippen LogP contribution is 2.45. The van der Waals surface area contributed by atoms with E-state index < -0.39 is 53.2 Å². The number of esters is 1. The molecule has 1 aromatic heterocycles. The molecule has 2 aliphatic rings. The van der Waals surface area contributed by atoms with Crippen molar-refractivity contribution in [1.82, 2.24) is 20.5 Å². The smallest absolute Gasteiger partial charge is 0.408 e. The minimum atomic E-state index is -1.27. The zero-order valence-electron chi connectivity index (χ0n) is 29.0. The third-order valence-corrected chi connectivity index (χ3v) is 8.35. The highest BCUT2D eigenvalue weighted by Gasteiger charge is 2.62. The Balaban J connectivity index is 1.63. The lowest BCUT2D eigenvalue weighted by Gasteiger charge is -2.30. The Morgan fingerprint density at radius 3 is 2.61 bits per heavy atom. The fourth-order valence-corrected chi connectivity index (χ4v) is 5.91. The predicted octanol–water partition coefficient (Wildman–Crippen LogP) is 4.09. The minimum absolute atomic E-state index is 0.0158. The van der Waals surface area contributed by atoms with Crippen LogP contribution in [0.4, 0.5) is 4.79 Å². The van der Waals surface area contributed by atoms with Crippen LogP contribution in [0.2, 0.25) is 0 Å². The van der Waals surface area contributed by atoms with Gasteiger partial charge < -0.3 is 39.2 Å². The maximum Gasteiger partial charge on any atom is 0.408 e. The van der Waals surface area contributed by atoms with Crippen molar-refractivity contribution in [3.63, 3.8) is 0 Å². The minimum Gasteiger partial charge on any atom is -0.497 e. The number of nitrogens with one attached hydrogen (secondary N) is 2. The summed E-state index contributed by atoms with van der Waals surface area (Å²) in [4.78, 5) is 60.1. The summed E-state index contributed by atoms with van der Waals surface area (Å²) >= 11 is 0. The third-order valence-electron chi connectivity index (χ3n) is 8.35. The Morgan fingerprint density at radius 1 is 1.18 bits per heavy atom. The standard InChI is InChI=1S/C36H48N4O9/c1-8-17-46-18-11-12-28(38-34(44)49-35(4,5)6)32(42)40-22-26(48-31-27-14-13-25(45-7)19-23(27)15-16-37-31)20-29(40)30(41)39-36(21-24(36)9-2)33(43)47-10-3/h8-9,13-16,19,24,26,28-29H,1-2,10-12,17-18,20-22H2,3-7H3,(H,38,44)(H,39,41). The number of carbonyl (C=O) groups excluding carboxylic acids is 4. The Morgan fingerprint density at radius 2 is 1.96 bits per heavy atom. The molecule has 0 spiro atoms. The van der Waals surface area contributed by atoms with Crippen molar-refractivity contribution in [2.45, 2.75) is 82.7 Å². The number of rotatable bonds is 16. The zero-order valence-corrected chi connectivity index (χ0v) is 29.0. The van der Waals surface area contributed by atoms with E-state index in [1.54, 1.807) is 59.2 Å². The maximum absolute atomic E-state index is 14.3. The number of hydrogen-bond donors (Lipinski definition) is 2. The van der Waals surface area contributed by atoms with Crippen LogP contribution >= 0.6 is 0 Å². The van der Waals surface area contributed by atoms with E-state index in [0.29, 0.717) is 37.7 Å². The molecule has 5 atom stereocenters. The van der Waals surface area contributed by atoms with Gasteiger partial charge in [-0.1, -0.05) is 12.2 Å². The van der Waals surface area contributed by atoms with Crippen LogP contribution in [0.1, 0.15) is 53.4 Å². The molecule has 2 fully saturated rings. The van der Waals surface area contributed by atoms with Gasteiger partial charge in [0.2, 0.25) is 17.7 Å². The first-order valence-corrected chi connectivity index (χ1v) is 16.6. The van der Waals surface area contributed by atoms with Crippen molar-refractivity contribution in [3.8, 4) is 11.6 Å². The molecule has 13 heteroatoms. The number of fused-ring (bicyclic) bond motifs is 1. The molecule has 1 aliphatic heterocycles. The Hall–Kier alpha value is -4.65. The van der Waals surface area contributed by atoms with Crippen LogP contribution < -0.4 is 20.1 Å². The molecule has 3 amide bonds. The van der Waals surface area contributed by atoms with Crippen LogP contribution in [0, 0.1) is 5.92 Å². The summed E-state index contributed by atoms with van der Waals surface area (Å²) in [5.41, 5.74) is -2.07. The number of hydrogen-bond acceptors (Lipinski definition) is 10. The van der Waals surface area contributed by atoms with Crippen molar-refractivity contribution in [2.75, 3.05) is 33.5 Å². The Kier molecular flexibility index (Phi) is 12.3. The maximum atomic E-state index is 14.3. The second-order valence-electron chi connectivity index (χ2n) is 13.1. The number of benzene rings is 1. The topological polar surface area (TPSA) is 155 Å². The van der Waals surface area contributed by atoms with Crippen molar-refractivity contribution < 1.29 is 42.9 Å². The molecule has 2 N–H and O–H groups in total. The number of methoxy groups -OCH3 is 1. The van der Waals surface area contributed by atoms with Gasteiger partial charge in [-0.15, -0.1) is 13.2 Å². The molecule has 5 unspecified atom stereocenters. The van der Waals surface area contributed by atoms with Gasteiger partial charge in [-0.25, -0.2) is 14.6 Å². The number of amides is 3. The first kappa shape index (κ1) is 37.2. The van der Waals surface area contributed by atoms with E-state index in [9.17, 15) is 19.2 Å². The summed E-state index contributed by atoms with van der Waals surface area (Å²) in [5, 5.41) is 7.14. The molecule has 1 saturated carbocycles. The van der Waals surface area contributed by atoms with Crippen molar-refractivity contribution in [3.05, 3.63) is 55.8 Å². The molecule has 1 aromatic carbocycles. The lowest BCUT2D eigenvalue weighted by atomic mass is 10.1. The summed E-state index contributed by atoms with van der Waals surface area (Å²) in [6, 6.07) is 5.24. The van der Waals surface area contributed by atoms with E-state index in [1.165, 1.54) is 4.90 Å². The van der Waals surface area contributed by atoms with E-state index in [4.69, 9.17) is 23.7 Å². The fourth-order valence-electron chi connectivity index (χ4n) is 5.91. The van der Waals surface area contributed by atoms with Gasteiger partial charge in [-0.2, -0.15) is 0 Å². The SMILES string of the molecule is C=CCOCCCC(NC(=O)OC(C)(C)C)C(=O)N1CC(Oc2nccc3cc(OC)ccc23)CC1C(=O)NC1(C(=O)OCC)CC1C=C. The molecule has 2 heterocycles. The Bertz CT molecular complexity index is 1540. The average Bonchev–Trinajstić information content (AvgIpc) is 3.61. The van der Waals surface area contributed by atoms with Crippen molar-refractivity contribution >= 4 is 34.6 Å². The third kappa shape index (κ3) is 9.28. The number of ether oxygens (including phenoxy) is 5. The summed E-state index contributed by atoms with van der Waals surface area (Å²) in [6.07, 6.45) is 4.50. The number of aromatic nitrogens is 1. The molecule has 49 heavy (non-hydrogen) atoms. The van der Waals surface area contributed by atoms with Gasteiger partial charge in [0.1, 0.15) is 35.1 Å². The van der Waals surface area contributed by atoms with Gasteiger partial charge in [0.15, 0.2) is 0 Å². The number of pyridine rings is 1. The zero-order chi connectivity index (χ0) is 35.8. The predicted molar refractivity (Wildman–Crippen MR) is 182 cm³/mol. The van der Waals surface area contributed by atoms with E-state index in [0.717, 1.165) is 10.8 Å². The lowest BCUT2D eigenvalue weighted by Crippen LogP contribution is -2.56. The van der Waals surface area contributed by atoms with Crippen LogP contribution in [0.25, 0.3) is 10.8 Å². The summed E-state index contributed by atoms with van der Waals surface area (Å²) in [7, 11) is 1.58. The molecule has 13 nitrogen and oxygen atoms in total. The van der Waals surface area contributed by atoms with Crippen LogP contribution in [0.15, 0.2) is 55.8 Å². The second kappa shape index (κ2) is 16.2. The monoisotopic (exact) mass is 680 g/mol. The van der Waals surface area contributed by atoms with Gasteiger partial charge in [-0.05, 0) is 76.6 Å². The van der Waals surface area contributed by atoms with Crippen LogP contribution in [-0.2, 0) is 28.6 Å². The molecule has 2 aromatic rings. The number of carbonyl (C=O) groups is 4. The largest absolute Gasteiger partial charge is 0.497 e. The van der Waals surface area contributed by atoms with Gasteiger partial charge in [0.25, 0.3) is 0 Å². The number of nitrogens with zero attached hydrogens (tertiary/aromatic N) is 2. The summed E-state index contributed by atoms with van der Waals surface area (Å²) in [6.45, 7) is 15.1. The normalized spacial score (nSPS) is 22.1. The Labute approximate surface area is 287 Å². The van der Waals surface area contributed by atoms with Gasteiger partial charge in [0, 0.05) is 30.5 Å². The second-order valence-corrected chi connectivity index (χ2v) is 13.1. The van der Waals surface area contributed by atoms with Crippen LogP contribution in [-0.4, -0.2) is 96.6 Å². The number of alkyl carbamates (subject to hydrolysis) is 1. The molecule has 0 radical (unpaired) electrons. The molecular weight excluding hydrogens is 632 g/mol. The highest BCUT2D eigenvalue weighted by molar-refractivity contribution is 5.96. The van der Waals surface area contributed by atoms with Gasteiger partial charge in [0.05, 0.1) is 26.9 Å².